The SMILES string of the molecule is C=C1C(=O)O[C@@H]2[C@@H]3[C@]4(CC[C@@]3(C)OC(=O)CC)C[C@]4(C)CC[C@@H]12. The van der Waals surface area contributed by atoms with Crippen molar-refractivity contribution >= 4 is 11.9 Å². The van der Waals surface area contributed by atoms with Crippen LogP contribution in [0.1, 0.15) is 59.3 Å². The largest absolute Gasteiger partial charge is 0.459 e. The number of hydrogen-bond acceptors (Lipinski definition) is 4. The molecule has 4 nitrogen and oxygen atoms in total. The lowest BCUT2D eigenvalue weighted by molar-refractivity contribution is -0.171. The molecule has 0 amide bonds. The fraction of sp³-hybridized carbons (Fsp3) is 0.789. The van der Waals surface area contributed by atoms with Gasteiger partial charge < -0.3 is 9.47 Å². The summed E-state index contributed by atoms with van der Waals surface area (Å²) in [5.41, 5.74) is 0.555. The molecule has 4 aliphatic rings. The highest BCUT2D eigenvalue weighted by molar-refractivity contribution is 5.91. The van der Waals surface area contributed by atoms with Crippen LogP contribution in [0.25, 0.3) is 0 Å². The number of ether oxygens (including phenoxy) is 2. The third kappa shape index (κ3) is 1.78. The molecule has 3 aliphatic carbocycles. The number of rotatable bonds is 2. The van der Waals surface area contributed by atoms with E-state index in [-0.39, 0.29) is 35.3 Å². The molecule has 0 aromatic carbocycles. The predicted molar refractivity (Wildman–Crippen MR) is 84.4 cm³/mol. The van der Waals surface area contributed by atoms with Crippen LogP contribution in [-0.4, -0.2) is 23.6 Å². The van der Waals surface area contributed by atoms with E-state index in [0.717, 1.165) is 32.1 Å². The average Bonchev–Trinajstić information content (AvgIpc) is 2.87. The molecule has 0 N–H and O–H groups in total. The molecular weight excluding hydrogens is 292 g/mol. The van der Waals surface area contributed by atoms with Crippen LogP contribution < -0.4 is 0 Å². The first kappa shape index (κ1) is 15.2. The van der Waals surface area contributed by atoms with Crippen LogP contribution in [-0.2, 0) is 19.1 Å². The third-order valence-electron chi connectivity index (χ3n) is 7.42. The molecule has 0 aromatic heterocycles. The van der Waals surface area contributed by atoms with Crippen LogP contribution >= 0.6 is 0 Å². The number of carbonyl (C=O) groups is 2. The van der Waals surface area contributed by atoms with E-state index in [9.17, 15) is 9.59 Å². The molecule has 6 atom stereocenters. The summed E-state index contributed by atoms with van der Waals surface area (Å²) in [5, 5.41) is 0. The summed E-state index contributed by atoms with van der Waals surface area (Å²) in [5.74, 6) is -0.218. The molecule has 1 saturated heterocycles. The van der Waals surface area contributed by atoms with Crippen molar-refractivity contribution < 1.29 is 19.1 Å². The van der Waals surface area contributed by atoms with Crippen LogP contribution in [0.15, 0.2) is 12.2 Å². The Morgan fingerprint density at radius 2 is 2.09 bits per heavy atom. The zero-order valence-electron chi connectivity index (χ0n) is 14.3. The minimum absolute atomic E-state index is 0.0896. The van der Waals surface area contributed by atoms with Gasteiger partial charge in [-0.1, -0.05) is 20.4 Å². The second-order valence-corrected chi connectivity index (χ2v) is 8.55. The smallest absolute Gasteiger partial charge is 0.334 e. The summed E-state index contributed by atoms with van der Waals surface area (Å²) in [7, 11) is 0. The topological polar surface area (TPSA) is 52.6 Å². The standard InChI is InChI=1S/C19H26O4/c1-5-13(20)23-18(4)8-9-19-10-17(19,3)7-6-12-11(2)16(21)22-14(12)15(18)19/h12,14-15H,2,5-10H2,1,3-4H3/t12-,14-,15-,17-,18+,19-/m0/s1. The van der Waals surface area contributed by atoms with Gasteiger partial charge in [-0.2, -0.15) is 0 Å². The Kier molecular flexibility index (Phi) is 2.91. The van der Waals surface area contributed by atoms with Gasteiger partial charge in [0.1, 0.15) is 11.7 Å². The molecule has 4 heteroatoms. The maximum atomic E-state index is 12.1. The van der Waals surface area contributed by atoms with Gasteiger partial charge in [0.05, 0.1) is 0 Å². The first-order valence-electron chi connectivity index (χ1n) is 8.88. The van der Waals surface area contributed by atoms with E-state index in [4.69, 9.17) is 9.47 Å². The molecule has 1 heterocycles. The molecule has 1 aliphatic heterocycles. The zero-order valence-corrected chi connectivity index (χ0v) is 14.3. The van der Waals surface area contributed by atoms with Crippen molar-refractivity contribution in [1.82, 2.24) is 0 Å². The second-order valence-electron chi connectivity index (χ2n) is 8.55. The van der Waals surface area contributed by atoms with Gasteiger partial charge in [0.2, 0.25) is 0 Å². The Bertz CT molecular complexity index is 610. The molecule has 4 fully saturated rings. The van der Waals surface area contributed by atoms with E-state index in [1.165, 1.54) is 0 Å². The minimum atomic E-state index is -0.525. The monoisotopic (exact) mass is 318 g/mol. The predicted octanol–water partition coefficient (Wildman–Crippen LogP) is 3.40. The van der Waals surface area contributed by atoms with Crippen LogP contribution in [0.5, 0.6) is 0 Å². The van der Waals surface area contributed by atoms with Crippen molar-refractivity contribution in [3.05, 3.63) is 12.2 Å². The summed E-state index contributed by atoms with van der Waals surface area (Å²) in [6.07, 6.45) is 5.38. The van der Waals surface area contributed by atoms with Crippen molar-refractivity contribution in [1.29, 1.82) is 0 Å². The lowest BCUT2D eigenvalue weighted by Crippen LogP contribution is -2.46. The minimum Gasteiger partial charge on any atom is -0.459 e. The van der Waals surface area contributed by atoms with Crippen LogP contribution in [0.3, 0.4) is 0 Å². The Balaban J connectivity index is 1.76. The number of carbonyl (C=O) groups excluding carboxylic acids is 2. The van der Waals surface area contributed by atoms with Crippen LogP contribution in [0.4, 0.5) is 0 Å². The van der Waals surface area contributed by atoms with Gasteiger partial charge in [-0.3, -0.25) is 4.79 Å². The van der Waals surface area contributed by atoms with Gasteiger partial charge in [0.25, 0.3) is 0 Å². The Hall–Kier alpha value is -1.32. The quantitative estimate of drug-likeness (QED) is 0.578. The number of esters is 2. The highest BCUT2D eigenvalue weighted by Crippen LogP contribution is 2.80. The molecule has 1 spiro atoms. The normalized spacial score (nSPS) is 50.5. The number of fused-ring (bicyclic) bond motifs is 2. The lowest BCUT2D eigenvalue weighted by Gasteiger charge is -2.38. The fourth-order valence-electron chi connectivity index (χ4n) is 6.08. The van der Waals surface area contributed by atoms with Crippen molar-refractivity contribution in [2.24, 2.45) is 22.7 Å². The van der Waals surface area contributed by atoms with Crippen LogP contribution in [0, 0.1) is 22.7 Å². The number of hydrogen-bond donors (Lipinski definition) is 0. The molecule has 3 saturated carbocycles. The maximum Gasteiger partial charge on any atom is 0.334 e. The summed E-state index contributed by atoms with van der Waals surface area (Å²) in [4.78, 5) is 24.1. The molecule has 0 radical (unpaired) electrons. The van der Waals surface area contributed by atoms with Crippen molar-refractivity contribution in [2.75, 3.05) is 0 Å². The van der Waals surface area contributed by atoms with Crippen molar-refractivity contribution in [2.45, 2.75) is 71.0 Å². The van der Waals surface area contributed by atoms with E-state index in [0.29, 0.717) is 17.4 Å². The van der Waals surface area contributed by atoms with Gasteiger partial charge in [-0.05, 0) is 49.9 Å². The average molecular weight is 318 g/mol. The molecular formula is C19H26O4. The summed E-state index contributed by atoms with van der Waals surface area (Å²) >= 11 is 0. The van der Waals surface area contributed by atoms with E-state index in [1.54, 1.807) is 0 Å². The molecule has 0 aromatic rings. The Labute approximate surface area is 137 Å². The fourth-order valence-corrected chi connectivity index (χ4v) is 6.08. The zero-order chi connectivity index (χ0) is 16.6. The van der Waals surface area contributed by atoms with Gasteiger partial charge >= 0.3 is 11.9 Å². The summed E-state index contributed by atoms with van der Waals surface area (Å²) in [6, 6.07) is 0. The van der Waals surface area contributed by atoms with Crippen LogP contribution in [0.2, 0.25) is 0 Å². The first-order valence-corrected chi connectivity index (χ1v) is 8.88. The molecule has 126 valence electrons. The van der Waals surface area contributed by atoms with E-state index >= 15 is 0 Å². The Morgan fingerprint density at radius 1 is 1.35 bits per heavy atom. The second kappa shape index (κ2) is 4.40. The molecule has 0 unspecified atom stereocenters. The lowest BCUT2D eigenvalue weighted by atomic mass is 9.74. The maximum absolute atomic E-state index is 12.1. The molecule has 4 rings (SSSR count). The van der Waals surface area contributed by atoms with Crippen molar-refractivity contribution in [3.63, 3.8) is 0 Å². The first-order chi connectivity index (χ1) is 10.8. The van der Waals surface area contributed by atoms with Gasteiger partial charge in [-0.25, -0.2) is 4.79 Å². The summed E-state index contributed by atoms with van der Waals surface area (Å²) in [6.45, 7) is 10.2. The van der Waals surface area contributed by atoms with E-state index in [2.05, 4.69) is 20.4 Å². The van der Waals surface area contributed by atoms with E-state index in [1.807, 2.05) is 6.92 Å². The van der Waals surface area contributed by atoms with Crippen molar-refractivity contribution in [3.8, 4) is 0 Å². The molecule has 23 heavy (non-hydrogen) atoms. The third-order valence-corrected chi connectivity index (χ3v) is 7.42. The van der Waals surface area contributed by atoms with Gasteiger partial charge in [-0.15, -0.1) is 0 Å². The summed E-state index contributed by atoms with van der Waals surface area (Å²) < 4.78 is 11.7. The highest BCUT2D eigenvalue weighted by Gasteiger charge is 2.78. The van der Waals surface area contributed by atoms with E-state index < -0.39 is 5.60 Å². The Morgan fingerprint density at radius 3 is 2.78 bits per heavy atom. The van der Waals surface area contributed by atoms with Gasteiger partial charge in [0.15, 0.2) is 0 Å². The highest BCUT2D eigenvalue weighted by atomic mass is 16.6. The molecule has 0 bridgehead atoms. The van der Waals surface area contributed by atoms with Gasteiger partial charge in [0, 0.05) is 23.8 Å².